The summed E-state index contributed by atoms with van der Waals surface area (Å²) in [6.45, 7) is 2.30. The fraction of sp³-hybridized carbons (Fsp3) is 0.333. The van der Waals surface area contributed by atoms with Crippen molar-refractivity contribution in [3.8, 4) is 0 Å². The lowest BCUT2D eigenvalue weighted by molar-refractivity contribution is 0.0502. The van der Waals surface area contributed by atoms with E-state index in [1.54, 1.807) is 12.1 Å². The highest BCUT2D eigenvalue weighted by Gasteiger charge is 2.31. The summed E-state index contributed by atoms with van der Waals surface area (Å²) in [5.74, 6) is -0.436. The third kappa shape index (κ3) is 3.34. The van der Waals surface area contributed by atoms with E-state index in [2.05, 4.69) is 24.1 Å². The molecule has 2 heterocycles. The van der Waals surface area contributed by atoms with E-state index in [1.807, 2.05) is 23.1 Å². The van der Waals surface area contributed by atoms with E-state index in [-0.39, 0.29) is 11.9 Å². The minimum absolute atomic E-state index is 0.0149. The molecule has 0 radical (unpaired) electrons. The first kappa shape index (κ1) is 16.7. The van der Waals surface area contributed by atoms with Crippen LogP contribution in [0.15, 0.2) is 42.5 Å². The van der Waals surface area contributed by atoms with E-state index in [9.17, 15) is 9.59 Å². The van der Waals surface area contributed by atoms with Crippen molar-refractivity contribution in [1.82, 2.24) is 9.80 Å². The van der Waals surface area contributed by atoms with Crippen LogP contribution in [0, 0.1) is 0 Å². The average molecular weight is 344 g/mol. The first-order valence-corrected chi connectivity index (χ1v) is 8.64. The quantitative estimate of drug-likeness (QED) is 0.803. The van der Waals surface area contributed by atoms with Crippen LogP contribution in [0.4, 0.5) is 0 Å². The van der Waals surface area contributed by atoms with E-state index in [1.165, 1.54) is 18.4 Å². The maximum Gasteiger partial charge on any atom is 0.348 e. The van der Waals surface area contributed by atoms with Crippen molar-refractivity contribution in [2.75, 3.05) is 33.8 Å². The zero-order valence-electron chi connectivity index (χ0n) is 13.8. The lowest BCUT2D eigenvalue weighted by atomic mass is 10.0. The zero-order chi connectivity index (χ0) is 17.1. The van der Waals surface area contributed by atoms with Crippen molar-refractivity contribution in [1.29, 1.82) is 0 Å². The van der Waals surface area contributed by atoms with Crippen LogP contribution in [0.2, 0.25) is 0 Å². The number of hydrogen-bond donors (Lipinski definition) is 0. The number of carbonyl (C=O) groups is 2. The molecule has 2 aromatic rings. The average Bonchev–Trinajstić information content (AvgIpc) is 3.11. The molecule has 1 aliphatic heterocycles. The summed E-state index contributed by atoms with van der Waals surface area (Å²) < 4.78 is 4.72. The largest absolute Gasteiger partial charge is 0.465 e. The van der Waals surface area contributed by atoms with Crippen molar-refractivity contribution >= 4 is 23.2 Å². The van der Waals surface area contributed by atoms with E-state index >= 15 is 0 Å². The molecule has 0 bridgehead atoms. The van der Waals surface area contributed by atoms with Crippen LogP contribution < -0.4 is 0 Å². The van der Waals surface area contributed by atoms with E-state index < -0.39 is 5.97 Å². The highest BCUT2D eigenvalue weighted by molar-refractivity contribution is 7.15. The molecule has 126 valence electrons. The maximum atomic E-state index is 13.0. The predicted octanol–water partition coefficient (Wildman–Crippen LogP) is 2.66. The molecule has 0 aliphatic carbocycles. The Morgan fingerprint density at radius 1 is 1.08 bits per heavy atom. The highest BCUT2D eigenvalue weighted by atomic mass is 32.1. The summed E-state index contributed by atoms with van der Waals surface area (Å²) in [5.41, 5.74) is 1.13. The Morgan fingerprint density at radius 2 is 1.79 bits per heavy atom. The second-order valence-electron chi connectivity index (χ2n) is 5.84. The number of likely N-dealkylation sites (N-methyl/N-ethyl adjacent to an activating group) is 1. The number of benzene rings is 1. The SMILES string of the molecule is COC(=O)c1ccc(C(=O)N2CCN(C)CC2c2ccccc2)s1. The number of nitrogens with zero attached hydrogens (tertiary/aromatic N) is 2. The lowest BCUT2D eigenvalue weighted by Gasteiger charge is -2.40. The summed E-state index contributed by atoms with van der Waals surface area (Å²) in [5, 5.41) is 0. The van der Waals surface area contributed by atoms with Crippen molar-refractivity contribution < 1.29 is 14.3 Å². The molecule has 0 N–H and O–H groups in total. The van der Waals surface area contributed by atoms with E-state index in [0.717, 1.165) is 18.7 Å². The molecule has 1 aromatic carbocycles. The Balaban J connectivity index is 1.86. The number of carbonyl (C=O) groups excluding carboxylic acids is 2. The van der Waals surface area contributed by atoms with Crippen LogP contribution in [0.1, 0.15) is 30.9 Å². The smallest absolute Gasteiger partial charge is 0.348 e. The van der Waals surface area contributed by atoms with Crippen LogP contribution in [0.3, 0.4) is 0 Å². The van der Waals surface area contributed by atoms with E-state index in [0.29, 0.717) is 16.3 Å². The summed E-state index contributed by atoms with van der Waals surface area (Å²) in [4.78, 5) is 29.7. The normalized spacial score (nSPS) is 18.4. The molecule has 1 unspecified atom stereocenters. The van der Waals surface area contributed by atoms with Gasteiger partial charge in [-0.2, -0.15) is 0 Å². The molecular formula is C18H20N2O3S. The zero-order valence-corrected chi connectivity index (χ0v) is 14.6. The Kier molecular flexibility index (Phi) is 4.97. The van der Waals surface area contributed by atoms with Gasteiger partial charge in [0.15, 0.2) is 0 Å². The summed E-state index contributed by atoms with van der Waals surface area (Å²) in [6.07, 6.45) is 0. The molecule has 6 heteroatoms. The number of ether oxygens (including phenoxy) is 1. The van der Waals surface area contributed by atoms with Crippen molar-refractivity contribution in [2.45, 2.75) is 6.04 Å². The summed E-state index contributed by atoms with van der Waals surface area (Å²) >= 11 is 1.19. The minimum Gasteiger partial charge on any atom is -0.465 e. The second-order valence-corrected chi connectivity index (χ2v) is 6.93. The summed E-state index contributed by atoms with van der Waals surface area (Å²) in [7, 11) is 3.41. The highest BCUT2D eigenvalue weighted by Crippen LogP contribution is 2.28. The Morgan fingerprint density at radius 3 is 2.50 bits per heavy atom. The van der Waals surface area contributed by atoms with Gasteiger partial charge in [-0.15, -0.1) is 11.3 Å². The van der Waals surface area contributed by atoms with E-state index in [4.69, 9.17) is 4.74 Å². The monoisotopic (exact) mass is 344 g/mol. The minimum atomic E-state index is -0.406. The Hall–Kier alpha value is -2.18. The van der Waals surface area contributed by atoms with Gasteiger partial charge in [0.25, 0.3) is 5.91 Å². The molecule has 24 heavy (non-hydrogen) atoms. The van der Waals surface area contributed by atoms with Crippen LogP contribution in [0.25, 0.3) is 0 Å². The van der Waals surface area contributed by atoms with Gasteiger partial charge in [0, 0.05) is 19.6 Å². The molecule has 1 aromatic heterocycles. The molecule has 1 amide bonds. The first-order chi connectivity index (χ1) is 11.6. The van der Waals surface area contributed by atoms with Gasteiger partial charge >= 0.3 is 5.97 Å². The lowest BCUT2D eigenvalue weighted by Crippen LogP contribution is -2.49. The van der Waals surface area contributed by atoms with Crippen LogP contribution in [0.5, 0.6) is 0 Å². The number of esters is 1. The van der Waals surface area contributed by atoms with Gasteiger partial charge in [-0.3, -0.25) is 4.79 Å². The molecular weight excluding hydrogens is 324 g/mol. The fourth-order valence-corrected chi connectivity index (χ4v) is 3.81. The standard InChI is InChI=1S/C18H20N2O3S/c1-19-10-11-20(14(12-19)13-6-4-3-5-7-13)17(21)15-8-9-16(24-15)18(22)23-2/h3-9,14H,10-12H2,1-2H3. The summed E-state index contributed by atoms with van der Waals surface area (Å²) in [6, 6.07) is 13.4. The molecule has 1 atom stereocenters. The number of thiophene rings is 1. The molecule has 1 aliphatic rings. The molecule has 1 saturated heterocycles. The molecule has 5 nitrogen and oxygen atoms in total. The molecule has 1 fully saturated rings. The molecule has 3 rings (SSSR count). The Bertz CT molecular complexity index is 729. The first-order valence-electron chi connectivity index (χ1n) is 7.82. The topological polar surface area (TPSA) is 49.9 Å². The second kappa shape index (κ2) is 7.15. The Labute approximate surface area is 145 Å². The van der Waals surface area contributed by atoms with Gasteiger partial charge in [0.2, 0.25) is 0 Å². The van der Waals surface area contributed by atoms with Crippen LogP contribution >= 0.6 is 11.3 Å². The van der Waals surface area contributed by atoms with Gasteiger partial charge < -0.3 is 14.5 Å². The van der Waals surface area contributed by atoms with Gasteiger partial charge in [-0.05, 0) is 24.7 Å². The van der Waals surface area contributed by atoms with Crippen molar-refractivity contribution in [3.63, 3.8) is 0 Å². The number of amides is 1. The van der Waals surface area contributed by atoms with Crippen LogP contribution in [-0.4, -0.2) is 55.5 Å². The third-order valence-electron chi connectivity index (χ3n) is 4.23. The number of piperazine rings is 1. The number of rotatable bonds is 3. The maximum absolute atomic E-state index is 13.0. The fourth-order valence-electron chi connectivity index (χ4n) is 2.93. The third-order valence-corrected chi connectivity index (χ3v) is 5.29. The van der Waals surface area contributed by atoms with Crippen molar-refractivity contribution in [2.24, 2.45) is 0 Å². The molecule has 0 saturated carbocycles. The predicted molar refractivity (Wildman–Crippen MR) is 93.4 cm³/mol. The molecule has 0 spiro atoms. The van der Waals surface area contributed by atoms with Gasteiger partial charge in [-0.25, -0.2) is 4.79 Å². The van der Waals surface area contributed by atoms with Crippen LogP contribution in [-0.2, 0) is 4.74 Å². The number of hydrogen-bond acceptors (Lipinski definition) is 5. The van der Waals surface area contributed by atoms with Crippen molar-refractivity contribution in [3.05, 3.63) is 57.8 Å². The van der Waals surface area contributed by atoms with Gasteiger partial charge in [-0.1, -0.05) is 30.3 Å². The number of methoxy groups -OCH3 is 1. The van der Waals surface area contributed by atoms with Gasteiger partial charge in [0.1, 0.15) is 4.88 Å². The van der Waals surface area contributed by atoms with Gasteiger partial charge in [0.05, 0.1) is 18.0 Å².